The summed E-state index contributed by atoms with van der Waals surface area (Å²) < 4.78 is 70.8. The second-order valence-corrected chi connectivity index (χ2v) is 9.22. The number of hydrogen-bond acceptors (Lipinski definition) is 7. The molecule has 2 aromatic heterocycles. The molecule has 0 spiro atoms. The third kappa shape index (κ3) is 5.38. The highest BCUT2D eigenvalue weighted by Crippen LogP contribution is 2.38. The van der Waals surface area contributed by atoms with Gasteiger partial charge in [-0.2, -0.15) is 23.5 Å². The summed E-state index contributed by atoms with van der Waals surface area (Å²) in [5.41, 5.74) is -3.60. The fourth-order valence-corrected chi connectivity index (χ4v) is 4.71. The van der Waals surface area contributed by atoms with E-state index in [0.717, 1.165) is 23.1 Å². The van der Waals surface area contributed by atoms with Gasteiger partial charge in [0.1, 0.15) is 39.8 Å². The van der Waals surface area contributed by atoms with Crippen molar-refractivity contribution < 1.29 is 31.9 Å². The Bertz CT molecular complexity index is 1500. The topological polar surface area (TPSA) is 117 Å². The van der Waals surface area contributed by atoms with E-state index in [4.69, 9.17) is 5.26 Å². The standard InChI is InChI=1S/C24H17F5N6O2S/c1-13(23(37,10-35-12-31-11-32-35)17-7-6-16(25)8-18(17)26)33-21(36)19-20(24(27,28)29)34-22(38-19)15-4-2-14(9-30)3-5-15/h2-8,11-13,37H,10H2,1H3,(H,33,36). The van der Waals surface area contributed by atoms with Crippen LogP contribution >= 0.6 is 11.3 Å². The molecule has 2 unspecified atom stereocenters. The van der Waals surface area contributed by atoms with Crippen molar-refractivity contribution in [3.8, 4) is 16.6 Å². The second kappa shape index (κ2) is 10.3. The molecular formula is C24H17F5N6O2S. The zero-order valence-corrected chi connectivity index (χ0v) is 20.2. The summed E-state index contributed by atoms with van der Waals surface area (Å²) >= 11 is 0.461. The van der Waals surface area contributed by atoms with Crippen molar-refractivity contribution in [2.75, 3.05) is 0 Å². The molecule has 2 aromatic carbocycles. The second-order valence-electron chi connectivity index (χ2n) is 8.22. The summed E-state index contributed by atoms with van der Waals surface area (Å²) in [5, 5.41) is 26.5. The molecule has 4 rings (SSSR count). The number of hydrogen-bond donors (Lipinski definition) is 2. The first kappa shape index (κ1) is 26.8. The van der Waals surface area contributed by atoms with Crippen LogP contribution in [-0.2, 0) is 18.3 Å². The molecule has 2 atom stereocenters. The van der Waals surface area contributed by atoms with E-state index < -0.39 is 58.0 Å². The Labute approximate surface area is 216 Å². The molecular weight excluding hydrogens is 531 g/mol. The molecule has 4 aromatic rings. The maximum Gasteiger partial charge on any atom is 0.435 e. The largest absolute Gasteiger partial charge is 0.435 e. The van der Waals surface area contributed by atoms with Crippen LogP contribution in [0, 0.1) is 23.0 Å². The van der Waals surface area contributed by atoms with Crippen LogP contribution in [0.3, 0.4) is 0 Å². The van der Waals surface area contributed by atoms with E-state index in [0.29, 0.717) is 17.4 Å². The number of nitriles is 1. The summed E-state index contributed by atoms with van der Waals surface area (Å²) in [4.78, 5) is 19.7. The van der Waals surface area contributed by atoms with E-state index in [-0.39, 0.29) is 16.1 Å². The van der Waals surface area contributed by atoms with Crippen LogP contribution in [-0.4, -0.2) is 36.8 Å². The predicted octanol–water partition coefficient (Wildman–Crippen LogP) is 4.28. The minimum absolute atomic E-state index is 0.123. The van der Waals surface area contributed by atoms with Gasteiger partial charge in [-0.1, -0.05) is 18.2 Å². The monoisotopic (exact) mass is 548 g/mol. The minimum Gasteiger partial charge on any atom is -0.381 e. The number of rotatable bonds is 7. The van der Waals surface area contributed by atoms with Gasteiger partial charge in [-0.15, -0.1) is 11.3 Å². The zero-order valence-electron chi connectivity index (χ0n) is 19.4. The summed E-state index contributed by atoms with van der Waals surface area (Å²) in [7, 11) is 0. The van der Waals surface area contributed by atoms with Crippen molar-refractivity contribution in [2.45, 2.75) is 31.3 Å². The molecule has 0 aliphatic rings. The van der Waals surface area contributed by atoms with Crippen LogP contribution < -0.4 is 5.32 Å². The van der Waals surface area contributed by atoms with Gasteiger partial charge in [0.2, 0.25) is 0 Å². The van der Waals surface area contributed by atoms with E-state index in [1.165, 1.54) is 37.5 Å². The third-order valence-corrected chi connectivity index (χ3v) is 6.80. The Morgan fingerprint density at radius 3 is 2.50 bits per heavy atom. The Morgan fingerprint density at radius 1 is 1.21 bits per heavy atom. The molecule has 0 saturated heterocycles. The van der Waals surface area contributed by atoms with Crippen molar-refractivity contribution in [3.05, 3.63) is 88.5 Å². The number of carbonyl (C=O) groups is 1. The van der Waals surface area contributed by atoms with Crippen molar-refractivity contribution in [1.29, 1.82) is 5.26 Å². The lowest BCUT2D eigenvalue weighted by Crippen LogP contribution is -2.52. The number of carbonyl (C=O) groups excluding carboxylic acids is 1. The van der Waals surface area contributed by atoms with Crippen molar-refractivity contribution >= 4 is 17.2 Å². The number of amides is 1. The Morgan fingerprint density at radius 2 is 1.92 bits per heavy atom. The van der Waals surface area contributed by atoms with Gasteiger partial charge in [-0.05, 0) is 25.1 Å². The number of alkyl halides is 3. The van der Waals surface area contributed by atoms with E-state index in [9.17, 15) is 31.9 Å². The molecule has 0 radical (unpaired) electrons. The van der Waals surface area contributed by atoms with Crippen LogP contribution in [0.25, 0.3) is 10.6 Å². The number of nitrogens with zero attached hydrogens (tertiary/aromatic N) is 5. The average molecular weight is 548 g/mol. The van der Waals surface area contributed by atoms with Gasteiger partial charge in [-0.3, -0.25) is 4.79 Å². The number of nitrogens with one attached hydrogen (secondary N) is 1. The van der Waals surface area contributed by atoms with Crippen molar-refractivity contribution in [1.82, 2.24) is 25.1 Å². The lowest BCUT2D eigenvalue weighted by Gasteiger charge is -2.35. The Balaban J connectivity index is 1.70. The lowest BCUT2D eigenvalue weighted by molar-refractivity contribution is -0.141. The predicted molar refractivity (Wildman–Crippen MR) is 124 cm³/mol. The molecule has 1 amide bonds. The molecule has 0 bridgehead atoms. The highest BCUT2D eigenvalue weighted by Gasteiger charge is 2.43. The van der Waals surface area contributed by atoms with E-state index in [1.54, 1.807) is 0 Å². The zero-order chi connectivity index (χ0) is 27.7. The number of aromatic nitrogens is 4. The van der Waals surface area contributed by atoms with Crippen molar-refractivity contribution in [2.24, 2.45) is 0 Å². The third-order valence-electron chi connectivity index (χ3n) is 5.69. The van der Waals surface area contributed by atoms with Crippen LogP contribution in [0.4, 0.5) is 22.0 Å². The Hall–Kier alpha value is -4.22. The fourth-order valence-electron chi connectivity index (χ4n) is 3.72. The smallest absolute Gasteiger partial charge is 0.381 e. The maximum absolute atomic E-state index is 14.7. The summed E-state index contributed by atoms with van der Waals surface area (Å²) in [6.07, 6.45) is -2.64. The molecule has 0 fully saturated rings. The summed E-state index contributed by atoms with van der Waals surface area (Å²) in [6, 6.07) is 8.48. The molecule has 0 saturated carbocycles. The SMILES string of the molecule is CC(NC(=O)c1sc(-c2ccc(C#N)cc2)nc1C(F)(F)F)C(O)(Cn1cncn1)c1ccc(F)cc1F. The first-order valence-electron chi connectivity index (χ1n) is 10.8. The summed E-state index contributed by atoms with van der Waals surface area (Å²) in [5.74, 6) is -3.27. The fraction of sp³-hybridized carbons (Fsp3) is 0.208. The van der Waals surface area contributed by atoms with Gasteiger partial charge in [0.15, 0.2) is 5.69 Å². The lowest BCUT2D eigenvalue weighted by atomic mass is 9.86. The van der Waals surface area contributed by atoms with Gasteiger partial charge >= 0.3 is 6.18 Å². The Kier molecular flexibility index (Phi) is 7.25. The van der Waals surface area contributed by atoms with E-state index in [1.807, 2.05) is 6.07 Å². The summed E-state index contributed by atoms with van der Waals surface area (Å²) in [6.45, 7) is 0.787. The highest BCUT2D eigenvalue weighted by molar-refractivity contribution is 7.17. The van der Waals surface area contributed by atoms with Crippen LogP contribution in [0.5, 0.6) is 0 Å². The van der Waals surface area contributed by atoms with Crippen LogP contribution in [0.15, 0.2) is 55.1 Å². The van der Waals surface area contributed by atoms with Gasteiger partial charge in [0.05, 0.1) is 24.2 Å². The molecule has 8 nitrogen and oxygen atoms in total. The highest BCUT2D eigenvalue weighted by atomic mass is 32.1. The number of halogens is 5. The first-order valence-corrected chi connectivity index (χ1v) is 11.6. The van der Waals surface area contributed by atoms with E-state index >= 15 is 0 Å². The van der Waals surface area contributed by atoms with Crippen LogP contribution in [0.1, 0.15) is 33.4 Å². The number of thiazole rings is 1. The molecule has 14 heteroatoms. The van der Waals surface area contributed by atoms with Gasteiger partial charge < -0.3 is 10.4 Å². The normalized spacial score (nSPS) is 13.9. The molecule has 2 N–H and O–H groups in total. The average Bonchev–Trinajstić information content (AvgIpc) is 3.54. The first-order chi connectivity index (χ1) is 17.9. The van der Waals surface area contributed by atoms with Gasteiger partial charge in [0, 0.05) is 17.2 Å². The quantitative estimate of drug-likeness (QED) is 0.333. The number of aliphatic hydroxyl groups is 1. The molecule has 38 heavy (non-hydrogen) atoms. The molecule has 0 aliphatic carbocycles. The minimum atomic E-state index is -4.99. The van der Waals surface area contributed by atoms with Crippen molar-refractivity contribution in [3.63, 3.8) is 0 Å². The molecule has 196 valence electrons. The van der Waals surface area contributed by atoms with Crippen LogP contribution in [0.2, 0.25) is 0 Å². The van der Waals surface area contributed by atoms with Gasteiger partial charge in [-0.25, -0.2) is 23.4 Å². The number of benzene rings is 2. The van der Waals surface area contributed by atoms with Gasteiger partial charge in [0.25, 0.3) is 5.91 Å². The molecule has 2 heterocycles. The maximum atomic E-state index is 14.7. The van der Waals surface area contributed by atoms with E-state index in [2.05, 4.69) is 20.4 Å². The molecule has 0 aliphatic heterocycles.